The topological polar surface area (TPSA) is 42.0 Å². The highest BCUT2D eigenvalue weighted by Crippen LogP contribution is 2.31. The second-order valence-electron chi connectivity index (χ2n) is 6.20. The predicted octanol–water partition coefficient (Wildman–Crippen LogP) is 4.96. The molecule has 5 heteroatoms. The van der Waals surface area contributed by atoms with Gasteiger partial charge in [0, 0.05) is 27.7 Å². The number of nitrogens with one attached hydrogen (secondary N) is 1. The average molecular weight is 371 g/mol. The van der Waals surface area contributed by atoms with E-state index in [9.17, 15) is 4.79 Å². The fourth-order valence-electron chi connectivity index (χ4n) is 3.40. The van der Waals surface area contributed by atoms with E-state index in [-0.39, 0.29) is 5.91 Å². The zero-order valence-corrected chi connectivity index (χ0v) is 15.0. The first kappa shape index (κ1) is 16.4. The van der Waals surface area contributed by atoms with Gasteiger partial charge in [-0.15, -0.1) is 0 Å². The highest BCUT2D eigenvalue weighted by molar-refractivity contribution is 6.32. The number of aryl methyl sites for hydroxylation is 1. The molecule has 0 saturated carbocycles. The molecule has 0 fully saturated rings. The molecular weight excluding hydrogens is 355 g/mol. The molecule has 3 aromatic rings. The lowest BCUT2D eigenvalue weighted by Crippen LogP contribution is -2.24. The van der Waals surface area contributed by atoms with Crippen molar-refractivity contribution in [3.05, 3.63) is 74.9 Å². The van der Waals surface area contributed by atoms with Gasteiger partial charge in [-0.25, -0.2) is 0 Å². The summed E-state index contributed by atoms with van der Waals surface area (Å²) in [4.78, 5) is 17.7. The molecule has 126 valence electrons. The van der Waals surface area contributed by atoms with E-state index < -0.39 is 0 Å². The number of halogens is 2. The Kier molecular flexibility index (Phi) is 4.36. The van der Waals surface area contributed by atoms with Crippen LogP contribution in [0, 0.1) is 0 Å². The third-order valence-electron chi connectivity index (χ3n) is 4.60. The monoisotopic (exact) mass is 370 g/mol. The summed E-state index contributed by atoms with van der Waals surface area (Å²) >= 11 is 12.3. The van der Waals surface area contributed by atoms with E-state index in [0.29, 0.717) is 22.2 Å². The number of benzene rings is 2. The Morgan fingerprint density at radius 3 is 2.80 bits per heavy atom. The maximum absolute atomic E-state index is 13.0. The van der Waals surface area contributed by atoms with Gasteiger partial charge >= 0.3 is 0 Å². The Balaban J connectivity index is 1.73. The fraction of sp³-hybridized carbons (Fsp3) is 0.200. The largest absolute Gasteiger partial charge is 0.348 e. The van der Waals surface area contributed by atoms with Crippen LogP contribution in [0.4, 0.5) is 0 Å². The van der Waals surface area contributed by atoms with Crippen LogP contribution in [0.25, 0.3) is 10.9 Å². The first-order chi connectivity index (χ1) is 12.1. The summed E-state index contributed by atoms with van der Waals surface area (Å²) in [6.45, 7) is 0.387. The Morgan fingerprint density at radius 2 is 1.96 bits per heavy atom. The molecule has 1 aliphatic rings. The second kappa shape index (κ2) is 6.66. The van der Waals surface area contributed by atoms with Crippen LogP contribution < -0.4 is 5.32 Å². The van der Waals surface area contributed by atoms with E-state index in [1.54, 1.807) is 0 Å². The minimum Gasteiger partial charge on any atom is -0.348 e. The van der Waals surface area contributed by atoms with Crippen molar-refractivity contribution < 1.29 is 4.79 Å². The maximum atomic E-state index is 13.0. The lowest BCUT2D eigenvalue weighted by atomic mass is 10.0. The highest BCUT2D eigenvalue weighted by atomic mass is 35.5. The minimum absolute atomic E-state index is 0.104. The Morgan fingerprint density at radius 1 is 1.12 bits per heavy atom. The quantitative estimate of drug-likeness (QED) is 0.707. The van der Waals surface area contributed by atoms with Crippen molar-refractivity contribution in [3.8, 4) is 0 Å². The molecule has 4 rings (SSSR count). The van der Waals surface area contributed by atoms with E-state index in [0.717, 1.165) is 47.0 Å². The lowest BCUT2D eigenvalue weighted by Gasteiger charge is -2.13. The maximum Gasteiger partial charge on any atom is 0.252 e. The van der Waals surface area contributed by atoms with Crippen molar-refractivity contribution in [2.75, 3.05) is 0 Å². The van der Waals surface area contributed by atoms with E-state index in [2.05, 4.69) is 5.32 Å². The normalized spacial score (nSPS) is 13.0. The molecule has 0 unspecified atom stereocenters. The highest BCUT2D eigenvalue weighted by Gasteiger charge is 2.24. The van der Waals surface area contributed by atoms with Crippen molar-refractivity contribution in [1.82, 2.24) is 10.3 Å². The van der Waals surface area contributed by atoms with Gasteiger partial charge in [0.25, 0.3) is 5.91 Å². The van der Waals surface area contributed by atoms with Gasteiger partial charge in [0.1, 0.15) is 0 Å². The van der Waals surface area contributed by atoms with E-state index in [4.69, 9.17) is 28.2 Å². The second-order valence-corrected chi connectivity index (χ2v) is 7.04. The van der Waals surface area contributed by atoms with Crippen LogP contribution in [0.15, 0.2) is 42.5 Å². The molecule has 1 aliphatic carbocycles. The van der Waals surface area contributed by atoms with Crippen molar-refractivity contribution in [1.29, 1.82) is 0 Å². The molecule has 0 atom stereocenters. The zero-order chi connectivity index (χ0) is 17.4. The Hall–Kier alpha value is -2.10. The molecule has 1 N–H and O–H groups in total. The number of rotatable bonds is 3. The molecule has 1 aromatic heterocycles. The number of carbonyl (C=O) groups is 1. The van der Waals surface area contributed by atoms with Crippen LogP contribution in [0.2, 0.25) is 10.0 Å². The predicted molar refractivity (Wildman–Crippen MR) is 101 cm³/mol. The van der Waals surface area contributed by atoms with Crippen LogP contribution in [0.1, 0.15) is 33.6 Å². The summed E-state index contributed by atoms with van der Waals surface area (Å²) < 4.78 is 0. The number of pyridine rings is 1. The zero-order valence-electron chi connectivity index (χ0n) is 13.5. The molecule has 0 spiro atoms. The van der Waals surface area contributed by atoms with Crippen LogP contribution in [0.3, 0.4) is 0 Å². The van der Waals surface area contributed by atoms with Gasteiger partial charge in [-0.3, -0.25) is 9.78 Å². The summed E-state index contributed by atoms with van der Waals surface area (Å²) in [6, 6.07) is 13.0. The van der Waals surface area contributed by atoms with Crippen LogP contribution >= 0.6 is 23.2 Å². The summed E-state index contributed by atoms with van der Waals surface area (Å²) in [7, 11) is 0. The Labute approximate surface area is 156 Å². The number of aromatic nitrogens is 1. The molecular formula is C20H16Cl2N2O. The van der Waals surface area contributed by atoms with Crippen molar-refractivity contribution in [2.45, 2.75) is 25.8 Å². The molecule has 0 aliphatic heterocycles. The number of carbonyl (C=O) groups excluding carboxylic acids is 1. The molecule has 0 saturated heterocycles. The standard InChI is InChI=1S/C20H16Cl2N2O/c21-13-8-9-18-15(10-13)19(14-5-3-7-17(14)24-18)20(25)23-11-12-4-1-2-6-16(12)22/h1-2,4,6,8-10H,3,5,7,11H2,(H,23,25). The third-order valence-corrected chi connectivity index (χ3v) is 5.20. The molecule has 25 heavy (non-hydrogen) atoms. The number of fused-ring (bicyclic) bond motifs is 2. The molecule has 1 heterocycles. The summed E-state index contributed by atoms with van der Waals surface area (Å²) in [5.74, 6) is -0.104. The minimum atomic E-state index is -0.104. The fourth-order valence-corrected chi connectivity index (χ4v) is 3.77. The van der Waals surface area contributed by atoms with Crippen molar-refractivity contribution in [3.63, 3.8) is 0 Å². The first-order valence-corrected chi connectivity index (χ1v) is 9.01. The molecule has 1 amide bonds. The summed E-state index contributed by atoms with van der Waals surface area (Å²) in [6.07, 6.45) is 2.81. The average Bonchev–Trinajstić information content (AvgIpc) is 3.06. The number of hydrogen-bond acceptors (Lipinski definition) is 2. The molecule has 0 radical (unpaired) electrons. The molecule has 2 aromatic carbocycles. The summed E-state index contributed by atoms with van der Waals surface area (Å²) in [5, 5.41) is 5.07. The number of hydrogen-bond donors (Lipinski definition) is 1. The Bertz CT molecular complexity index is 985. The number of amides is 1. The third kappa shape index (κ3) is 3.10. The van der Waals surface area contributed by atoms with Crippen molar-refractivity contribution in [2.24, 2.45) is 0 Å². The van der Waals surface area contributed by atoms with Gasteiger partial charge < -0.3 is 5.32 Å². The van der Waals surface area contributed by atoms with Gasteiger partial charge in [-0.1, -0.05) is 41.4 Å². The SMILES string of the molecule is O=C(NCc1ccccc1Cl)c1c2c(nc3ccc(Cl)cc13)CCC2. The van der Waals surface area contributed by atoms with E-state index in [1.165, 1.54) is 0 Å². The lowest BCUT2D eigenvalue weighted by molar-refractivity contribution is 0.0951. The smallest absolute Gasteiger partial charge is 0.252 e. The molecule has 3 nitrogen and oxygen atoms in total. The van der Waals surface area contributed by atoms with Crippen molar-refractivity contribution >= 4 is 40.0 Å². The van der Waals surface area contributed by atoms with Crippen LogP contribution in [-0.2, 0) is 19.4 Å². The van der Waals surface area contributed by atoms with Gasteiger partial charge in [-0.05, 0) is 54.7 Å². The van der Waals surface area contributed by atoms with E-state index in [1.807, 2.05) is 42.5 Å². The van der Waals surface area contributed by atoms with Crippen LogP contribution in [-0.4, -0.2) is 10.9 Å². The number of nitrogens with zero attached hydrogens (tertiary/aromatic N) is 1. The summed E-state index contributed by atoms with van der Waals surface area (Å²) in [5.41, 5.74) is 4.48. The van der Waals surface area contributed by atoms with Gasteiger partial charge in [0.05, 0.1) is 11.1 Å². The van der Waals surface area contributed by atoms with Gasteiger partial charge in [-0.2, -0.15) is 0 Å². The van der Waals surface area contributed by atoms with Gasteiger partial charge in [0.15, 0.2) is 0 Å². The van der Waals surface area contributed by atoms with Crippen LogP contribution in [0.5, 0.6) is 0 Å². The van der Waals surface area contributed by atoms with Gasteiger partial charge in [0.2, 0.25) is 0 Å². The molecule has 0 bridgehead atoms. The van der Waals surface area contributed by atoms with E-state index >= 15 is 0 Å². The first-order valence-electron chi connectivity index (χ1n) is 8.26.